The lowest BCUT2D eigenvalue weighted by atomic mass is 9.94. The van der Waals surface area contributed by atoms with Crippen LogP contribution in [0.5, 0.6) is 5.75 Å². The predicted octanol–water partition coefficient (Wildman–Crippen LogP) is 3.67. The Bertz CT molecular complexity index is 954. The van der Waals surface area contributed by atoms with Gasteiger partial charge in [0.2, 0.25) is 5.91 Å². The summed E-state index contributed by atoms with van der Waals surface area (Å²) in [6.45, 7) is 6.06. The Morgan fingerprint density at radius 2 is 1.88 bits per heavy atom. The summed E-state index contributed by atoms with van der Waals surface area (Å²) in [5, 5.41) is 3.71. The Hall–Kier alpha value is -2.86. The van der Waals surface area contributed by atoms with Crippen LogP contribution in [-0.4, -0.2) is 53.5 Å². The largest absolute Gasteiger partial charge is 0.497 e. The molecule has 0 aliphatic carbocycles. The molecule has 1 N–H and O–H groups in total. The van der Waals surface area contributed by atoms with Crippen LogP contribution in [0.25, 0.3) is 0 Å². The van der Waals surface area contributed by atoms with Gasteiger partial charge in [-0.25, -0.2) is 0 Å². The molecule has 0 unspecified atom stereocenters. The van der Waals surface area contributed by atoms with E-state index in [-0.39, 0.29) is 23.8 Å². The first-order valence-electron chi connectivity index (χ1n) is 11.5. The van der Waals surface area contributed by atoms with E-state index < -0.39 is 5.66 Å². The van der Waals surface area contributed by atoms with Gasteiger partial charge in [0.15, 0.2) is 0 Å². The molecule has 2 aliphatic rings. The summed E-state index contributed by atoms with van der Waals surface area (Å²) in [5.41, 5.74) is 1.35. The summed E-state index contributed by atoms with van der Waals surface area (Å²) < 4.78 is 5.27. The average molecular weight is 436 g/mol. The molecule has 2 aromatic rings. The minimum Gasteiger partial charge on any atom is -0.497 e. The monoisotopic (exact) mass is 435 g/mol. The van der Waals surface area contributed by atoms with E-state index in [4.69, 9.17) is 4.74 Å². The topological polar surface area (TPSA) is 61.9 Å². The molecule has 0 bridgehead atoms. The van der Waals surface area contributed by atoms with Gasteiger partial charge < -0.3 is 14.5 Å². The van der Waals surface area contributed by atoms with Crippen molar-refractivity contribution in [2.45, 2.75) is 51.4 Å². The average Bonchev–Trinajstić information content (AvgIpc) is 3.10. The van der Waals surface area contributed by atoms with Gasteiger partial charge in [-0.05, 0) is 29.7 Å². The highest BCUT2D eigenvalue weighted by atomic mass is 16.5. The standard InChI is InChI=1S/C26H33N3O3/c1-4-19(2)23-25(31)29(18-20-9-6-5-7-10-20)26(27-23)13-15-28(16-14-26)24(30)21-11-8-12-22(17-21)32-3/h5-12,17,19,23,27H,4,13-16,18H2,1-3H3/t19-,23-/m0/s1. The molecule has 0 saturated carbocycles. The molecule has 0 radical (unpaired) electrons. The third-order valence-corrected chi connectivity index (χ3v) is 7.06. The van der Waals surface area contributed by atoms with Crippen molar-refractivity contribution in [3.8, 4) is 5.75 Å². The number of hydrogen-bond donors (Lipinski definition) is 1. The molecule has 4 rings (SSSR count). The van der Waals surface area contributed by atoms with E-state index in [2.05, 4.69) is 31.3 Å². The van der Waals surface area contributed by atoms with E-state index >= 15 is 0 Å². The fourth-order valence-electron chi connectivity index (χ4n) is 4.86. The van der Waals surface area contributed by atoms with E-state index in [1.54, 1.807) is 13.2 Å². The molecule has 32 heavy (non-hydrogen) atoms. The van der Waals surface area contributed by atoms with Gasteiger partial charge in [-0.2, -0.15) is 0 Å². The number of carbonyl (C=O) groups excluding carboxylic acids is 2. The Morgan fingerprint density at radius 1 is 1.16 bits per heavy atom. The second-order valence-corrected chi connectivity index (χ2v) is 8.97. The third-order valence-electron chi connectivity index (χ3n) is 7.06. The van der Waals surface area contributed by atoms with Crippen molar-refractivity contribution >= 4 is 11.8 Å². The third kappa shape index (κ3) is 4.24. The molecule has 2 aliphatic heterocycles. The van der Waals surface area contributed by atoms with E-state index in [0.717, 1.165) is 12.0 Å². The van der Waals surface area contributed by atoms with E-state index in [1.807, 2.05) is 46.2 Å². The molecular formula is C26H33N3O3. The molecule has 2 atom stereocenters. The second-order valence-electron chi connectivity index (χ2n) is 8.97. The molecule has 2 aromatic carbocycles. The first-order valence-corrected chi connectivity index (χ1v) is 11.5. The van der Waals surface area contributed by atoms with Crippen LogP contribution in [0.4, 0.5) is 0 Å². The van der Waals surface area contributed by atoms with Crippen molar-refractivity contribution in [3.63, 3.8) is 0 Å². The first-order chi connectivity index (χ1) is 15.5. The van der Waals surface area contributed by atoms with Gasteiger partial charge in [-0.1, -0.05) is 56.7 Å². The Kier molecular flexibility index (Phi) is 6.51. The zero-order chi connectivity index (χ0) is 22.7. The van der Waals surface area contributed by atoms with Crippen LogP contribution in [-0.2, 0) is 11.3 Å². The maximum absolute atomic E-state index is 13.5. The molecular weight excluding hydrogens is 402 g/mol. The van der Waals surface area contributed by atoms with Crippen LogP contribution in [0.3, 0.4) is 0 Å². The van der Waals surface area contributed by atoms with Crippen LogP contribution >= 0.6 is 0 Å². The van der Waals surface area contributed by atoms with Crippen LogP contribution < -0.4 is 10.1 Å². The lowest BCUT2D eigenvalue weighted by Crippen LogP contribution is -2.59. The van der Waals surface area contributed by atoms with Gasteiger partial charge in [-0.3, -0.25) is 14.9 Å². The molecule has 2 fully saturated rings. The zero-order valence-electron chi connectivity index (χ0n) is 19.2. The van der Waals surface area contributed by atoms with Crippen LogP contribution in [0.1, 0.15) is 49.0 Å². The number of benzene rings is 2. The van der Waals surface area contributed by atoms with Crippen molar-refractivity contribution in [2.24, 2.45) is 5.92 Å². The number of methoxy groups -OCH3 is 1. The predicted molar refractivity (Wildman–Crippen MR) is 124 cm³/mol. The van der Waals surface area contributed by atoms with Crippen molar-refractivity contribution in [3.05, 3.63) is 65.7 Å². The molecule has 0 aromatic heterocycles. The van der Waals surface area contributed by atoms with E-state index in [0.29, 0.717) is 43.8 Å². The number of nitrogens with zero attached hydrogens (tertiary/aromatic N) is 2. The first kappa shape index (κ1) is 22.3. The lowest BCUT2D eigenvalue weighted by molar-refractivity contribution is -0.134. The molecule has 6 nitrogen and oxygen atoms in total. The number of carbonyl (C=O) groups is 2. The fourth-order valence-corrected chi connectivity index (χ4v) is 4.86. The molecule has 6 heteroatoms. The van der Waals surface area contributed by atoms with Gasteiger partial charge in [0.05, 0.1) is 18.8 Å². The minimum atomic E-state index is -0.411. The van der Waals surface area contributed by atoms with Crippen molar-refractivity contribution in [2.75, 3.05) is 20.2 Å². The molecule has 1 spiro atoms. The summed E-state index contributed by atoms with van der Waals surface area (Å²) in [4.78, 5) is 30.5. The normalized spacial score (nSPS) is 21.1. The van der Waals surface area contributed by atoms with Gasteiger partial charge >= 0.3 is 0 Å². The highest BCUT2D eigenvalue weighted by Gasteiger charge is 2.52. The Labute approximate surface area is 190 Å². The highest BCUT2D eigenvalue weighted by molar-refractivity contribution is 5.94. The summed E-state index contributed by atoms with van der Waals surface area (Å²) in [5.74, 6) is 1.13. The van der Waals surface area contributed by atoms with Gasteiger partial charge in [-0.15, -0.1) is 0 Å². The minimum absolute atomic E-state index is 0.0103. The van der Waals surface area contributed by atoms with Gasteiger partial charge in [0, 0.05) is 38.0 Å². The number of amides is 2. The van der Waals surface area contributed by atoms with Crippen LogP contribution in [0.2, 0.25) is 0 Å². The van der Waals surface area contributed by atoms with Crippen molar-refractivity contribution in [1.82, 2.24) is 15.1 Å². The van der Waals surface area contributed by atoms with Crippen LogP contribution in [0.15, 0.2) is 54.6 Å². The maximum atomic E-state index is 13.5. The summed E-state index contributed by atoms with van der Waals surface area (Å²) >= 11 is 0. The summed E-state index contributed by atoms with van der Waals surface area (Å²) in [6.07, 6.45) is 2.38. The smallest absolute Gasteiger partial charge is 0.253 e. The number of rotatable bonds is 6. The number of hydrogen-bond acceptors (Lipinski definition) is 4. The Balaban J connectivity index is 1.53. The molecule has 170 valence electrons. The molecule has 2 amide bonds. The summed E-state index contributed by atoms with van der Waals surface area (Å²) in [7, 11) is 1.60. The van der Waals surface area contributed by atoms with Crippen molar-refractivity contribution < 1.29 is 14.3 Å². The van der Waals surface area contributed by atoms with Gasteiger partial charge in [0.1, 0.15) is 5.75 Å². The SMILES string of the molecule is CC[C@H](C)[C@@H]1NC2(CCN(C(=O)c3cccc(OC)c3)CC2)N(Cc2ccccc2)C1=O. The number of nitrogens with one attached hydrogen (secondary N) is 1. The van der Waals surface area contributed by atoms with E-state index in [1.165, 1.54) is 0 Å². The Morgan fingerprint density at radius 3 is 2.53 bits per heavy atom. The quantitative estimate of drug-likeness (QED) is 0.752. The fraction of sp³-hybridized carbons (Fsp3) is 0.462. The van der Waals surface area contributed by atoms with Crippen molar-refractivity contribution in [1.29, 1.82) is 0 Å². The lowest BCUT2D eigenvalue weighted by Gasteiger charge is -2.45. The van der Waals surface area contributed by atoms with Gasteiger partial charge in [0.25, 0.3) is 5.91 Å². The number of ether oxygens (including phenoxy) is 1. The zero-order valence-corrected chi connectivity index (χ0v) is 19.2. The van der Waals surface area contributed by atoms with Crippen LogP contribution in [0, 0.1) is 5.92 Å². The number of piperidine rings is 1. The molecule has 2 saturated heterocycles. The summed E-state index contributed by atoms with van der Waals surface area (Å²) in [6, 6.07) is 17.3. The van der Waals surface area contributed by atoms with E-state index in [9.17, 15) is 9.59 Å². The number of likely N-dealkylation sites (tertiary alicyclic amines) is 1. The molecule has 2 heterocycles. The highest BCUT2D eigenvalue weighted by Crippen LogP contribution is 2.36. The second kappa shape index (κ2) is 9.33. The maximum Gasteiger partial charge on any atom is 0.253 e.